The van der Waals surface area contributed by atoms with E-state index in [1.165, 1.54) is 83.5 Å². The summed E-state index contributed by atoms with van der Waals surface area (Å²) in [5, 5.41) is 9.99. The Hall–Kier alpha value is -0.0400. The van der Waals surface area contributed by atoms with Crippen LogP contribution in [0.15, 0.2) is 0 Å². The van der Waals surface area contributed by atoms with E-state index in [-0.39, 0.29) is 6.10 Å². The minimum absolute atomic E-state index is 0.0616. The third kappa shape index (κ3) is 13.0. The number of rotatable bonds is 15. The first-order valence-electron chi connectivity index (χ1n) is 9.40. The smallest absolute Gasteiger partial charge is 0.0565 e. The van der Waals surface area contributed by atoms with Crippen LogP contribution in [-0.2, 0) is 0 Å². The maximum Gasteiger partial charge on any atom is 0.0565 e. The van der Waals surface area contributed by atoms with Crippen molar-refractivity contribution in [2.45, 2.75) is 117 Å². The largest absolute Gasteiger partial charge is 0.393 e. The fourth-order valence-electron chi connectivity index (χ4n) is 2.95. The molecule has 20 heavy (non-hydrogen) atoms. The summed E-state index contributed by atoms with van der Waals surface area (Å²) >= 11 is 0. The van der Waals surface area contributed by atoms with E-state index >= 15 is 0 Å². The molecular formula is C19H40O. The lowest BCUT2D eigenvalue weighted by Crippen LogP contribution is -2.17. The van der Waals surface area contributed by atoms with Crippen LogP contribution in [-0.4, -0.2) is 11.2 Å². The van der Waals surface area contributed by atoms with Crippen molar-refractivity contribution < 1.29 is 5.11 Å². The van der Waals surface area contributed by atoms with E-state index in [1.807, 2.05) is 0 Å². The Kier molecular flexibility index (Phi) is 15.3. The van der Waals surface area contributed by atoms with E-state index in [2.05, 4.69) is 20.8 Å². The summed E-state index contributed by atoms with van der Waals surface area (Å²) in [4.78, 5) is 0. The van der Waals surface area contributed by atoms with Crippen LogP contribution in [0.5, 0.6) is 0 Å². The van der Waals surface area contributed by atoms with Gasteiger partial charge in [0.1, 0.15) is 0 Å². The van der Waals surface area contributed by atoms with Gasteiger partial charge in [-0.05, 0) is 18.8 Å². The topological polar surface area (TPSA) is 20.2 Å². The van der Waals surface area contributed by atoms with Crippen molar-refractivity contribution in [2.75, 3.05) is 0 Å². The van der Waals surface area contributed by atoms with Gasteiger partial charge < -0.3 is 5.11 Å². The predicted molar refractivity (Wildman–Crippen MR) is 91.2 cm³/mol. The van der Waals surface area contributed by atoms with Gasteiger partial charge in [0.2, 0.25) is 0 Å². The van der Waals surface area contributed by atoms with Gasteiger partial charge in [-0.1, -0.05) is 97.8 Å². The lowest BCUT2D eigenvalue weighted by Gasteiger charge is -2.17. The van der Waals surface area contributed by atoms with E-state index < -0.39 is 0 Å². The van der Waals surface area contributed by atoms with Gasteiger partial charge >= 0.3 is 0 Å². The zero-order valence-corrected chi connectivity index (χ0v) is 14.5. The van der Waals surface area contributed by atoms with Crippen molar-refractivity contribution in [3.8, 4) is 0 Å². The molecule has 0 aromatic carbocycles. The van der Waals surface area contributed by atoms with Crippen molar-refractivity contribution in [2.24, 2.45) is 5.92 Å². The van der Waals surface area contributed by atoms with Gasteiger partial charge in [-0.15, -0.1) is 0 Å². The third-order valence-corrected chi connectivity index (χ3v) is 4.50. The van der Waals surface area contributed by atoms with Crippen LogP contribution in [0.3, 0.4) is 0 Å². The maximum atomic E-state index is 9.99. The van der Waals surface area contributed by atoms with Crippen LogP contribution in [0.2, 0.25) is 0 Å². The highest BCUT2D eigenvalue weighted by Crippen LogP contribution is 2.17. The molecule has 0 heterocycles. The zero-order valence-electron chi connectivity index (χ0n) is 14.5. The van der Waals surface area contributed by atoms with Crippen LogP contribution in [0.1, 0.15) is 111 Å². The Balaban J connectivity index is 3.16. The fourth-order valence-corrected chi connectivity index (χ4v) is 2.95. The highest BCUT2D eigenvalue weighted by molar-refractivity contribution is 4.64. The van der Waals surface area contributed by atoms with E-state index in [9.17, 15) is 5.11 Å². The summed E-state index contributed by atoms with van der Waals surface area (Å²) in [5.74, 6) is 0.489. The summed E-state index contributed by atoms with van der Waals surface area (Å²) in [7, 11) is 0. The summed E-state index contributed by atoms with van der Waals surface area (Å²) in [6.45, 7) is 6.66. The first kappa shape index (κ1) is 20.0. The van der Waals surface area contributed by atoms with Crippen molar-refractivity contribution in [1.29, 1.82) is 0 Å². The Labute approximate surface area is 128 Å². The first-order valence-corrected chi connectivity index (χ1v) is 9.40. The molecule has 0 aliphatic heterocycles. The van der Waals surface area contributed by atoms with Gasteiger partial charge in [0.05, 0.1) is 6.10 Å². The van der Waals surface area contributed by atoms with Crippen LogP contribution >= 0.6 is 0 Å². The molecule has 122 valence electrons. The number of hydrogen-bond acceptors (Lipinski definition) is 1. The molecule has 0 bridgehead atoms. The monoisotopic (exact) mass is 284 g/mol. The van der Waals surface area contributed by atoms with Gasteiger partial charge in [0.25, 0.3) is 0 Å². The first-order chi connectivity index (χ1) is 9.72. The normalized spacial score (nSPS) is 14.4. The van der Waals surface area contributed by atoms with E-state index in [1.54, 1.807) is 0 Å². The van der Waals surface area contributed by atoms with E-state index in [4.69, 9.17) is 0 Å². The van der Waals surface area contributed by atoms with Crippen LogP contribution < -0.4 is 0 Å². The number of hydrogen-bond donors (Lipinski definition) is 1. The molecular weight excluding hydrogens is 244 g/mol. The Morgan fingerprint density at radius 2 is 1.05 bits per heavy atom. The highest BCUT2D eigenvalue weighted by Gasteiger charge is 2.12. The molecule has 2 atom stereocenters. The molecule has 1 heteroatoms. The lowest BCUT2D eigenvalue weighted by atomic mass is 9.95. The average molecular weight is 285 g/mol. The highest BCUT2D eigenvalue weighted by atomic mass is 16.3. The quantitative estimate of drug-likeness (QED) is 0.341. The molecule has 1 N–H and O–H groups in total. The number of unbranched alkanes of at least 4 members (excludes halogenated alkanes) is 10. The summed E-state index contributed by atoms with van der Waals surface area (Å²) in [5.41, 5.74) is 0. The van der Waals surface area contributed by atoms with Crippen molar-refractivity contribution in [3.63, 3.8) is 0 Å². The molecule has 0 aliphatic rings. The molecule has 0 aromatic rings. The Morgan fingerprint density at radius 3 is 1.50 bits per heavy atom. The van der Waals surface area contributed by atoms with Crippen molar-refractivity contribution in [3.05, 3.63) is 0 Å². The second kappa shape index (κ2) is 15.4. The number of aliphatic hydroxyl groups excluding tert-OH is 1. The average Bonchev–Trinajstić information content (AvgIpc) is 2.44. The second-order valence-electron chi connectivity index (χ2n) is 6.66. The van der Waals surface area contributed by atoms with E-state index in [0.29, 0.717) is 5.92 Å². The predicted octanol–water partition coefficient (Wildman–Crippen LogP) is 6.48. The molecule has 0 fully saturated rings. The second-order valence-corrected chi connectivity index (χ2v) is 6.66. The summed E-state index contributed by atoms with van der Waals surface area (Å²) < 4.78 is 0. The zero-order chi connectivity index (χ0) is 15.1. The Bertz CT molecular complexity index is 179. The molecule has 0 saturated heterocycles. The fraction of sp³-hybridized carbons (Fsp3) is 1.00. The molecule has 0 aliphatic carbocycles. The van der Waals surface area contributed by atoms with Crippen molar-refractivity contribution in [1.82, 2.24) is 0 Å². The van der Waals surface area contributed by atoms with Crippen LogP contribution in [0.25, 0.3) is 0 Å². The molecule has 0 amide bonds. The SMILES string of the molecule is CCCCCCCCCCCCCC(O)C(C)CCC. The lowest BCUT2D eigenvalue weighted by molar-refractivity contribution is 0.0996. The van der Waals surface area contributed by atoms with Crippen LogP contribution in [0.4, 0.5) is 0 Å². The molecule has 0 saturated carbocycles. The maximum absolute atomic E-state index is 9.99. The molecule has 0 radical (unpaired) electrons. The molecule has 0 spiro atoms. The third-order valence-electron chi connectivity index (χ3n) is 4.50. The molecule has 0 rings (SSSR count). The summed E-state index contributed by atoms with van der Waals surface area (Å²) in [6, 6.07) is 0. The standard InChI is InChI=1S/C19H40O/c1-4-6-7-8-9-10-11-12-13-14-15-17-19(20)18(3)16-5-2/h18-20H,4-17H2,1-3H3. The van der Waals surface area contributed by atoms with Gasteiger partial charge in [-0.2, -0.15) is 0 Å². The molecule has 1 nitrogen and oxygen atoms in total. The van der Waals surface area contributed by atoms with Crippen molar-refractivity contribution >= 4 is 0 Å². The minimum atomic E-state index is -0.0616. The molecule has 2 unspecified atom stereocenters. The Morgan fingerprint density at radius 1 is 0.600 bits per heavy atom. The van der Waals surface area contributed by atoms with Gasteiger partial charge in [0, 0.05) is 0 Å². The molecule has 0 aromatic heterocycles. The van der Waals surface area contributed by atoms with Gasteiger partial charge in [-0.3, -0.25) is 0 Å². The minimum Gasteiger partial charge on any atom is -0.393 e. The van der Waals surface area contributed by atoms with Crippen LogP contribution in [0, 0.1) is 5.92 Å². The number of aliphatic hydroxyl groups is 1. The summed E-state index contributed by atoms with van der Waals surface area (Å²) in [6.07, 6.45) is 18.5. The van der Waals surface area contributed by atoms with E-state index in [0.717, 1.165) is 6.42 Å². The van der Waals surface area contributed by atoms with Gasteiger partial charge in [0.15, 0.2) is 0 Å². The van der Waals surface area contributed by atoms with Gasteiger partial charge in [-0.25, -0.2) is 0 Å².